The number of benzene rings is 3. The van der Waals surface area contributed by atoms with Crippen LogP contribution in [0.15, 0.2) is 71.6 Å². The highest BCUT2D eigenvalue weighted by Gasteiger charge is 2.49. The van der Waals surface area contributed by atoms with Gasteiger partial charge in [0.15, 0.2) is 14.8 Å². The summed E-state index contributed by atoms with van der Waals surface area (Å²) in [7, 11) is -1.81. The summed E-state index contributed by atoms with van der Waals surface area (Å²) in [5.41, 5.74) is 3.70. The van der Waals surface area contributed by atoms with Crippen LogP contribution < -0.4 is 5.46 Å². The quantitative estimate of drug-likeness (QED) is 0.228. The number of rotatable bonds is 6. The van der Waals surface area contributed by atoms with Gasteiger partial charge in [-0.3, -0.25) is 0 Å². The Balaban J connectivity index is 1.58. The molecule has 196 valence electrons. The van der Waals surface area contributed by atoms with Crippen molar-refractivity contribution in [3.63, 3.8) is 0 Å². The minimum Gasteiger partial charge on any atom is -0.229 e. The van der Waals surface area contributed by atoms with Gasteiger partial charge in [-0.25, -0.2) is 13.1 Å². The lowest BCUT2D eigenvalue weighted by Gasteiger charge is -2.11. The third kappa shape index (κ3) is 4.81. The topological polar surface area (TPSA) is 77.7 Å². The first-order chi connectivity index (χ1) is 18.6. The molecule has 0 unspecified atom stereocenters. The zero-order chi connectivity index (χ0) is 27.5. The van der Waals surface area contributed by atoms with Gasteiger partial charge in [0, 0.05) is 27.3 Å². The van der Waals surface area contributed by atoms with Crippen LogP contribution in [0.2, 0.25) is 15.1 Å². The predicted molar refractivity (Wildman–Crippen MR) is 161 cm³/mol. The summed E-state index contributed by atoms with van der Waals surface area (Å²) in [6.45, 7) is 0. The summed E-state index contributed by atoms with van der Waals surface area (Å²) in [4.78, 5) is 0.0661. The molecule has 0 aliphatic heterocycles. The molecule has 0 amide bonds. The molecule has 1 aliphatic rings. The van der Waals surface area contributed by atoms with Crippen molar-refractivity contribution in [3.8, 4) is 27.6 Å². The van der Waals surface area contributed by atoms with Crippen LogP contribution in [0.4, 0.5) is 0 Å². The van der Waals surface area contributed by atoms with E-state index >= 15 is 0 Å². The minimum atomic E-state index is -3.77. The fourth-order valence-electron chi connectivity index (χ4n) is 4.72. The normalized spacial score (nSPS) is 14.5. The fraction of sp³-hybridized carbons (Fsp3) is 0.148. The van der Waals surface area contributed by atoms with Crippen LogP contribution in [-0.4, -0.2) is 42.5 Å². The van der Waals surface area contributed by atoms with E-state index in [1.807, 2.05) is 56.4 Å². The predicted octanol–water partition coefficient (Wildman–Crippen LogP) is 5.76. The summed E-state index contributed by atoms with van der Waals surface area (Å²) in [6.07, 6.45) is 3.02. The standard InChI is InChI=1S/C27H20BCl3N4O2S2/c1-39(36,37)24-22(25-32-33-26(38-25)27(12-13-27)16-4-8-18(29)9-5-16)34-35(21-11-10-19(30)14-20(21)31)23(24)15-2-6-17(28)7-3-15/h2-11,14H,12-13,28H2,1H3. The molecule has 0 spiro atoms. The third-order valence-corrected chi connectivity index (χ3v) is 9.91. The molecule has 39 heavy (non-hydrogen) atoms. The van der Waals surface area contributed by atoms with Gasteiger partial charge in [-0.1, -0.05) is 88.0 Å². The van der Waals surface area contributed by atoms with Gasteiger partial charge < -0.3 is 0 Å². The molecule has 1 aliphatic carbocycles. The Bertz CT molecular complexity index is 1830. The highest BCUT2D eigenvalue weighted by molar-refractivity contribution is 7.91. The molecule has 0 radical (unpaired) electrons. The van der Waals surface area contributed by atoms with Crippen molar-refractivity contribution in [2.24, 2.45) is 0 Å². The van der Waals surface area contributed by atoms with E-state index < -0.39 is 9.84 Å². The monoisotopic (exact) mass is 612 g/mol. The Labute approximate surface area is 245 Å². The molecule has 3 aromatic carbocycles. The lowest BCUT2D eigenvalue weighted by Crippen LogP contribution is -2.07. The van der Waals surface area contributed by atoms with Gasteiger partial charge in [0.2, 0.25) is 0 Å². The van der Waals surface area contributed by atoms with Crippen molar-refractivity contribution in [1.82, 2.24) is 20.0 Å². The maximum absolute atomic E-state index is 13.4. The van der Waals surface area contributed by atoms with E-state index in [0.717, 1.165) is 28.9 Å². The summed E-state index contributed by atoms with van der Waals surface area (Å²) >= 11 is 20.2. The number of sulfone groups is 1. The fourth-order valence-corrected chi connectivity index (χ4v) is 7.55. The summed E-state index contributed by atoms with van der Waals surface area (Å²) < 4.78 is 28.3. The molecule has 0 bridgehead atoms. The average Bonchev–Trinajstić information content (AvgIpc) is 3.35. The van der Waals surface area contributed by atoms with Crippen molar-refractivity contribution >= 4 is 69.3 Å². The SMILES string of the molecule is Bc1ccc(-c2c(S(C)(=O)=O)c(-c3nnc(C4(c5ccc(Cl)cc5)CC4)s3)nn2-c2ccc(Cl)cc2Cl)cc1. The molecule has 1 fully saturated rings. The second-order valence-corrected chi connectivity index (χ2v) is 13.9. The van der Waals surface area contributed by atoms with Crippen LogP contribution in [0.3, 0.4) is 0 Å². The van der Waals surface area contributed by atoms with Crippen LogP contribution in [0, 0.1) is 0 Å². The van der Waals surface area contributed by atoms with Crippen molar-refractivity contribution < 1.29 is 8.42 Å². The minimum absolute atomic E-state index is 0.0661. The Kier molecular flexibility index (Phi) is 6.63. The van der Waals surface area contributed by atoms with E-state index in [9.17, 15) is 8.42 Å². The second-order valence-electron chi connectivity index (χ2n) is 9.67. The van der Waals surface area contributed by atoms with Crippen molar-refractivity contribution in [3.05, 3.63) is 92.4 Å². The molecule has 0 saturated heterocycles. The van der Waals surface area contributed by atoms with Gasteiger partial charge in [-0.05, 0) is 48.7 Å². The number of nitrogens with zero attached hydrogens (tertiary/aromatic N) is 4. The van der Waals surface area contributed by atoms with Crippen LogP contribution in [0.1, 0.15) is 23.4 Å². The van der Waals surface area contributed by atoms with E-state index in [2.05, 4.69) is 10.2 Å². The van der Waals surface area contributed by atoms with Crippen LogP contribution in [0.25, 0.3) is 27.6 Å². The Morgan fingerprint density at radius 2 is 1.59 bits per heavy atom. The molecule has 6 rings (SSSR count). The van der Waals surface area contributed by atoms with Crippen molar-refractivity contribution in [2.45, 2.75) is 23.2 Å². The number of halogens is 3. The lowest BCUT2D eigenvalue weighted by atomic mass is 9.95. The smallest absolute Gasteiger partial charge is 0.180 e. The molecule has 5 aromatic rings. The Hall–Kier alpha value is -2.69. The van der Waals surface area contributed by atoms with Crippen LogP contribution >= 0.6 is 46.1 Å². The highest BCUT2D eigenvalue weighted by atomic mass is 35.5. The zero-order valence-corrected chi connectivity index (χ0v) is 24.7. The van der Waals surface area contributed by atoms with Gasteiger partial charge in [-0.2, -0.15) is 5.10 Å². The maximum Gasteiger partial charge on any atom is 0.180 e. The number of hydrogen-bond donors (Lipinski definition) is 0. The van der Waals surface area contributed by atoms with Crippen molar-refractivity contribution in [2.75, 3.05) is 6.26 Å². The summed E-state index contributed by atoms with van der Waals surface area (Å²) in [5.74, 6) is 0. The Morgan fingerprint density at radius 3 is 2.21 bits per heavy atom. The molecule has 2 heterocycles. The van der Waals surface area contributed by atoms with E-state index in [1.54, 1.807) is 22.9 Å². The van der Waals surface area contributed by atoms with Crippen molar-refractivity contribution in [1.29, 1.82) is 0 Å². The number of hydrogen-bond acceptors (Lipinski definition) is 6. The highest BCUT2D eigenvalue weighted by Crippen LogP contribution is 2.55. The Morgan fingerprint density at radius 1 is 0.923 bits per heavy atom. The zero-order valence-electron chi connectivity index (χ0n) is 20.8. The summed E-state index contributed by atoms with van der Waals surface area (Å²) in [6, 6.07) is 20.3. The van der Waals surface area contributed by atoms with Gasteiger partial charge >= 0.3 is 0 Å². The molecule has 6 nitrogen and oxygen atoms in total. The largest absolute Gasteiger partial charge is 0.229 e. The van der Waals surface area contributed by atoms with E-state index in [1.165, 1.54) is 17.6 Å². The second kappa shape index (κ2) is 9.75. The van der Waals surface area contributed by atoms with Gasteiger partial charge in [-0.15, -0.1) is 10.2 Å². The van der Waals surface area contributed by atoms with Gasteiger partial charge in [0.1, 0.15) is 23.4 Å². The van der Waals surface area contributed by atoms with Crippen LogP contribution in [-0.2, 0) is 15.3 Å². The number of aromatic nitrogens is 4. The van der Waals surface area contributed by atoms with E-state index in [4.69, 9.17) is 39.9 Å². The molecular formula is C27H20BCl3N4O2S2. The maximum atomic E-state index is 13.4. The summed E-state index contributed by atoms with van der Waals surface area (Å²) in [5, 5.41) is 16.5. The molecule has 0 N–H and O–H groups in total. The molecule has 0 atom stereocenters. The van der Waals surface area contributed by atoms with E-state index in [-0.39, 0.29) is 16.0 Å². The third-order valence-electron chi connectivity index (χ3n) is 6.86. The first-order valence-electron chi connectivity index (χ1n) is 12.0. The molecule has 2 aromatic heterocycles. The molecular weight excluding hydrogens is 594 g/mol. The van der Waals surface area contributed by atoms with Gasteiger partial charge in [0.25, 0.3) is 0 Å². The average molecular weight is 614 g/mol. The van der Waals surface area contributed by atoms with Crippen LogP contribution in [0.5, 0.6) is 0 Å². The van der Waals surface area contributed by atoms with Gasteiger partial charge in [0.05, 0.1) is 16.4 Å². The first-order valence-corrected chi connectivity index (χ1v) is 15.9. The molecule has 1 saturated carbocycles. The lowest BCUT2D eigenvalue weighted by molar-refractivity contribution is 0.602. The molecule has 12 heteroatoms. The van der Waals surface area contributed by atoms with E-state index in [0.29, 0.717) is 37.0 Å². The first kappa shape index (κ1) is 26.5.